The Balaban J connectivity index is 0.920. The third kappa shape index (κ3) is 9.15. The average molecular weight is 804 g/mol. The van der Waals surface area contributed by atoms with Crippen LogP contribution in [0.4, 0.5) is 0 Å². The van der Waals surface area contributed by atoms with E-state index in [1.54, 1.807) is 6.08 Å². The summed E-state index contributed by atoms with van der Waals surface area (Å²) in [5.41, 5.74) is -0.677. The molecule has 0 saturated carbocycles. The fraction of sp³-hybridized carbons (Fsp3) is 0.841. The molecule has 0 bridgehead atoms. The van der Waals surface area contributed by atoms with Crippen LogP contribution in [0.1, 0.15) is 125 Å². The Labute approximate surface area is 337 Å². The zero-order chi connectivity index (χ0) is 40.9. The van der Waals surface area contributed by atoms with Crippen LogP contribution in [0.5, 0.6) is 0 Å². The predicted octanol–water partition coefficient (Wildman–Crippen LogP) is 3.88. The first-order valence-corrected chi connectivity index (χ1v) is 21.6. The first kappa shape index (κ1) is 43.3. The lowest BCUT2D eigenvalue weighted by Gasteiger charge is -2.50. The third-order valence-corrected chi connectivity index (χ3v) is 14.0. The minimum atomic E-state index is -2.07. The second-order valence-electron chi connectivity index (χ2n) is 18.9. The largest absolute Gasteiger partial charge is 0.547 e. The molecule has 0 aromatic carbocycles. The molecule has 13 heteroatoms. The van der Waals surface area contributed by atoms with Crippen molar-refractivity contribution >= 4 is 5.97 Å². The lowest BCUT2D eigenvalue weighted by atomic mass is 9.79. The molecule has 3 spiro atoms. The van der Waals surface area contributed by atoms with E-state index in [4.69, 9.17) is 33.2 Å². The number of hydrogen-bond donors (Lipinski definition) is 4. The number of carbonyl (C=O) groups excluding carboxylic acids is 1. The van der Waals surface area contributed by atoms with Gasteiger partial charge in [-0.2, -0.15) is 0 Å². The highest BCUT2D eigenvalue weighted by molar-refractivity contribution is 5.74. The molecular formula is C44H67O13-. The van der Waals surface area contributed by atoms with E-state index in [0.717, 1.165) is 50.7 Å². The smallest absolute Gasteiger partial charge is 0.215 e. The van der Waals surface area contributed by atoms with Crippen molar-refractivity contribution in [3.63, 3.8) is 0 Å². The van der Waals surface area contributed by atoms with Gasteiger partial charge in [0.2, 0.25) is 5.79 Å². The Kier molecular flexibility index (Phi) is 12.9. The van der Waals surface area contributed by atoms with Crippen LogP contribution in [0.15, 0.2) is 36.0 Å². The number of ether oxygens (including phenoxy) is 7. The number of rotatable bonds is 10. The maximum atomic E-state index is 11.5. The molecule has 7 aliphatic heterocycles. The van der Waals surface area contributed by atoms with Crippen LogP contribution in [0.2, 0.25) is 0 Å². The molecule has 6 saturated heterocycles. The molecule has 7 rings (SSSR count). The van der Waals surface area contributed by atoms with E-state index < -0.39 is 71.7 Å². The zero-order valence-electron chi connectivity index (χ0n) is 34.5. The summed E-state index contributed by atoms with van der Waals surface area (Å²) >= 11 is 0. The number of carboxylic acid groups (broad SMARTS) is 1. The Bertz CT molecular complexity index is 1510. The Hall–Kier alpha value is -1.75. The van der Waals surface area contributed by atoms with Gasteiger partial charge in [-0.25, -0.2) is 0 Å². The summed E-state index contributed by atoms with van der Waals surface area (Å²) in [6, 6.07) is 0. The zero-order valence-corrected chi connectivity index (χ0v) is 34.5. The first-order chi connectivity index (χ1) is 26.9. The van der Waals surface area contributed by atoms with Crippen LogP contribution >= 0.6 is 0 Å². The summed E-state index contributed by atoms with van der Waals surface area (Å²) in [5, 5.41) is 56.0. The van der Waals surface area contributed by atoms with Gasteiger partial charge in [-0.1, -0.05) is 45.1 Å². The molecule has 0 aromatic heterocycles. The van der Waals surface area contributed by atoms with E-state index in [1.807, 2.05) is 26.0 Å². The summed E-state index contributed by atoms with van der Waals surface area (Å²) < 4.78 is 45.2. The SMILES string of the molecule is C=C1[C@@H](O)[C@@H]2O[C@]3(CC[C@H](C=C[C@H](C)[C@H]4CC(C)=C[C@]5(O[C@@H](CC(C)(O)C(=O)[O-])CC[C@@H]5O)O4)O3)CC[C@H]2O[C@@H]1[C@@H](O)C[C@@H](C)[C@H]1O[C@@]2(CCCCO2)CC[C@H]1C. The van der Waals surface area contributed by atoms with E-state index in [0.29, 0.717) is 56.4 Å². The fourth-order valence-electron chi connectivity index (χ4n) is 10.5. The average Bonchev–Trinajstić information content (AvgIpc) is 3.56. The second-order valence-corrected chi connectivity index (χ2v) is 18.9. The quantitative estimate of drug-likeness (QED) is 0.234. The highest BCUT2D eigenvalue weighted by Crippen LogP contribution is 2.47. The van der Waals surface area contributed by atoms with Crippen LogP contribution in [0, 0.1) is 17.8 Å². The summed E-state index contributed by atoms with van der Waals surface area (Å²) in [7, 11) is 0. The highest BCUT2D eigenvalue weighted by atomic mass is 16.7. The summed E-state index contributed by atoms with van der Waals surface area (Å²) in [6.07, 6.45) is 9.10. The van der Waals surface area contributed by atoms with Crippen molar-refractivity contribution in [1.29, 1.82) is 0 Å². The molecule has 57 heavy (non-hydrogen) atoms. The van der Waals surface area contributed by atoms with Gasteiger partial charge < -0.3 is 63.5 Å². The lowest BCUT2D eigenvalue weighted by Crippen LogP contribution is -2.60. The van der Waals surface area contributed by atoms with Gasteiger partial charge in [-0.05, 0) is 95.1 Å². The second kappa shape index (κ2) is 17.0. The van der Waals surface area contributed by atoms with E-state index in [-0.39, 0.29) is 36.6 Å². The summed E-state index contributed by atoms with van der Waals surface area (Å²) in [4.78, 5) is 11.5. The third-order valence-electron chi connectivity index (χ3n) is 14.0. The molecule has 0 radical (unpaired) electrons. The van der Waals surface area contributed by atoms with E-state index in [9.17, 15) is 30.3 Å². The van der Waals surface area contributed by atoms with Crippen molar-refractivity contribution < 1.29 is 63.5 Å². The number of aliphatic hydroxyl groups excluding tert-OH is 3. The van der Waals surface area contributed by atoms with Gasteiger partial charge in [0.15, 0.2) is 11.6 Å². The molecular weight excluding hydrogens is 736 g/mol. The molecule has 6 fully saturated rings. The van der Waals surface area contributed by atoms with Crippen molar-refractivity contribution in [2.24, 2.45) is 17.8 Å². The van der Waals surface area contributed by atoms with Crippen molar-refractivity contribution in [2.45, 2.75) is 209 Å². The molecule has 322 valence electrons. The van der Waals surface area contributed by atoms with Crippen LogP contribution < -0.4 is 5.11 Å². The highest BCUT2D eigenvalue weighted by Gasteiger charge is 2.55. The van der Waals surface area contributed by atoms with Crippen molar-refractivity contribution in [3.05, 3.63) is 36.0 Å². The molecule has 7 heterocycles. The Morgan fingerprint density at radius 2 is 1.77 bits per heavy atom. The van der Waals surface area contributed by atoms with Crippen molar-refractivity contribution in [1.82, 2.24) is 0 Å². The first-order valence-electron chi connectivity index (χ1n) is 21.6. The maximum Gasteiger partial charge on any atom is 0.215 e. The minimum Gasteiger partial charge on any atom is -0.547 e. The van der Waals surface area contributed by atoms with E-state index in [2.05, 4.69) is 20.4 Å². The van der Waals surface area contributed by atoms with Gasteiger partial charge in [0, 0.05) is 38.0 Å². The number of carboxylic acids is 1. The Morgan fingerprint density at radius 3 is 2.51 bits per heavy atom. The van der Waals surface area contributed by atoms with Crippen LogP contribution in [0.3, 0.4) is 0 Å². The maximum absolute atomic E-state index is 11.5. The van der Waals surface area contributed by atoms with Gasteiger partial charge in [-0.3, -0.25) is 0 Å². The van der Waals surface area contributed by atoms with Crippen molar-refractivity contribution in [3.8, 4) is 0 Å². The summed E-state index contributed by atoms with van der Waals surface area (Å²) in [5.74, 6) is -4.11. The topological polar surface area (TPSA) is 186 Å². The minimum absolute atomic E-state index is 0.0441. The number of aliphatic hydroxyl groups is 4. The van der Waals surface area contributed by atoms with E-state index >= 15 is 0 Å². The van der Waals surface area contributed by atoms with Gasteiger partial charge >= 0.3 is 0 Å². The number of fused-ring (bicyclic) bond motifs is 1. The normalized spacial score (nSPS) is 45.4. The van der Waals surface area contributed by atoms with Crippen molar-refractivity contribution in [2.75, 3.05) is 6.61 Å². The summed E-state index contributed by atoms with van der Waals surface area (Å²) in [6.45, 7) is 14.4. The monoisotopic (exact) mass is 803 g/mol. The number of hydrogen-bond acceptors (Lipinski definition) is 13. The van der Waals surface area contributed by atoms with Crippen LogP contribution in [-0.4, -0.2) is 117 Å². The van der Waals surface area contributed by atoms with Gasteiger partial charge in [0.1, 0.15) is 30.0 Å². The number of carbonyl (C=O) groups is 1. The lowest BCUT2D eigenvalue weighted by molar-refractivity contribution is -0.336. The molecule has 17 atom stereocenters. The standard InChI is InChI=1S/C44H68O13/c1-25-21-34(55-44(23-25)35(46)12-11-31(54-44)24-41(6,50)40(48)49)26(2)9-10-30-14-18-43(53-30)19-15-33-39(57-43)36(47)29(5)38(52-33)32(45)22-28(4)37-27(3)13-17-42(56-37)16-7-8-20-51-42/h9-10,23,26-28,30-39,45-47,50H,5,7-8,11-22,24H2,1-4,6H3,(H,48,49)/p-1/t26-,27+,28+,30-,31+,32-,33+,34+,35-,36+,37-,38-,39+,41?,42-,43+,44-/m0/s1. The molecule has 7 aliphatic rings. The number of aliphatic carboxylic acids is 1. The molecule has 13 nitrogen and oxygen atoms in total. The molecule has 0 amide bonds. The van der Waals surface area contributed by atoms with Gasteiger partial charge in [-0.15, -0.1) is 0 Å². The van der Waals surface area contributed by atoms with Gasteiger partial charge in [0.25, 0.3) is 0 Å². The molecule has 0 aliphatic carbocycles. The van der Waals surface area contributed by atoms with Crippen LogP contribution in [0.25, 0.3) is 0 Å². The van der Waals surface area contributed by atoms with Gasteiger partial charge in [0.05, 0.1) is 49.2 Å². The fourth-order valence-corrected chi connectivity index (χ4v) is 10.5. The van der Waals surface area contributed by atoms with Crippen LogP contribution in [-0.2, 0) is 38.0 Å². The Morgan fingerprint density at radius 1 is 1.02 bits per heavy atom. The molecule has 1 unspecified atom stereocenters. The molecule has 4 N–H and O–H groups in total. The van der Waals surface area contributed by atoms with E-state index in [1.165, 1.54) is 6.92 Å². The predicted molar refractivity (Wildman–Crippen MR) is 205 cm³/mol. The molecule has 0 aromatic rings.